The van der Waals surface area contributed by atoms with Gasteiger partial charge in [0.2, 0.25) is 0 Å². The summed E-state index contributed by atoms with van der Waals surface area (Å²) < 4.78 is 0. The topological polar surface area (TPSA) is 191 Å². The van der Waals surface area contributed by atoms with Gasteiger partial charge in [0.15, 0.2) is 0 Å². The molecule has 0 saturated heterocycles. The Labute approximate surface area is 294 Å². The predicted molar refractivity (Wildman–Crippen MR) is 184 cm³/mol. The van der Waals surface area contributed by atoms with E-state index in [1.807, 2.05) is 0 Å². The molecule has 2 heterocycles. The maximum Gasteiger partial charge on any atom is 0.269 e. The quantitative estimate of drug-likeness (QED) is 0.154. The standard InChI is InChI=1S/C38H24N6O8/c45-31(39-41-33(47)23-14-16-27-29(19-23)37(51)43(35(27)49)25-10-3-1-4-11-25)21-8-7-9-22(18-21)32(46)40-42-34(48)24-15-17-28-30(20-24)38(52)44(36(28)50)26-12-5-2-6-13-26/h1-20H,(H,39,45)(H,40,46)(H,41,47)(H,42,48). The molecule has 14 nitrogen and oxygen atoms in total. The molecule has 254 valence electrons. The van der Waals surface area contributed by atoms with Crippen LogP contribution in [-0.2, 0) is 0 Å². The number of hydrogen-bond acceptors (Lipinski definition) is 8. The van der Waals surface area contributed by atoms with Gasteiger partial charge >= 0.3 is 0 Å². The minimum atomic E-state index is -0.781. The number of para-hydroxylation sites is 2. The minimum Gasteiger partial charge on any atom is -0.268 e. The highest BCUT2D eigenvalue weighted by molar-refractivity contribution is 6.35. The Hall–Kier alpha value is -7.74. The zero-order chi connectivity index (χ0) is 36.5. The lowest BCUT2D eigenvalue weighted by Gasteiger charge is -2.13. The molecule has 0 radical (unpaired) electrons. The van der Waals surface area contributed by atoms with Crippen molar-refractivity contribution in [3.8, 4) is 0 Å². The fourth-order valence-electron chi connectivity index (χ4n) is 5.70. The number of rotatable bonds is 6. The summed E-state index contributed by atoms with van der Waals surface area (Å²) in [6, 6.07) is 30.0. The largest absolute Gasteiger partial charge is 0.269 e. The summed E-state index contributed by atoms with van der Waals surface area (Å²) in [5, 5.41) is 0. The Balaban J connectivity index is 0.952. The molecule has 2 aliphatic heterocycles. The highest BCUT2D eigenvalue weighted by atomic mass is 16.2. The van der Waals surface area contributed by atoms with Gasteiger partial charge in [-0.15, -0.1) is 0 Å². The van der Waals surface area contributed by atoms with E-state index in [0.717, 1.165) is 9.80 Å². The van der Waals surface area contributed by atoms with Crippen LogP contribution in [0.4, 0.5) is 11.4 Å². The number of imide groups is 2. The second kappa shape index (κ2) is 13.3. The number of carbonyl (C=O) groups is 8. The molecule has 14 heteroatoms. The molecular weight excluding hydrogens is 668 g/mol. The van der Waals surface area contributed by atoms with Gasteiger partial charge in [0.25, 0.3) is 47.3 Å². The highest BCUT2D eigenvalue weighted by Gasteiger charge is 2.38. The highest BCUT2D eigenvalue weighted by Crippen LogP contribution is 2.30. The van der Waals surface area contributed by atoms with Crippen LogP contribution in [0.25, 0.3) is 0 Å². The van der Waals surface area contributed by atoms with E-state index in [9.17, 15) is 38.4 Å². The Morgan fingerprint density at radius 1 is 0.346 bits per heavy atom. The third-order valence-electron chi connectivity index (χ3n) is 8.29. The van der Waals surface area contributed by atoms with Crippen LogP contribution in [-0.4, -0.2) is 47.3 Å². The van der Waals surface area contributed by atoms with Crippen LogP contribution >= 0.6 is 0 Å². The van der Waals surface area contributed by atoms with E-state index < -0.39 is 47.3 Å². The van der Waals surface area contributed by atoms with Gasteiger partial charge in [-0.25, -0.2) is 9.80 Å². The molecule has 0 unspecified atom stereocenters. The monoisotopic (exact) mass is 692 g/mol. The van der Waals surface area contributed by atoms with Gasteiger partial charge in [0.1, 0.15) is 0 Å². The van der Waals surface area contributed by atoms with Crippen molar-refractivity contribution >= 4 is 58.6 Å². The summed E-state index contributed by atoms with van der Waals surface area (Å²) in [5.41, 5.74) is 10.1. The zero-order valence-electron chi connectivity index (χ0n) is 26.7. The molecule has 0 aliphatic carbocycles. The number of carbonyl (C=O) groups excluding carboxylic acids is 8. The maximum absolute atomic E-state index is 13.0. The van der Waals surface area contributed by atoms with Crippen LogP contribution < -0.4 is 31.5 Å². The van der Waals surface area contributed by atoms with E-state index >= 15 is 0 Å². The molecule has 5 aromatic carbocycles. The minimum absolute atomic E-state index is 0.00633. The van der Waals surface area contributed by atoms with Gasteiger partial charge in [0.05, 0.1) is 33.6 Å². The first-order valence-corrected chi connectivity index (χ1v) is 15.6. The van der Waals surface area contributed by atoms with Crippen molar-refractivity contribution in [1.82, 2.24) is 21.7 Å². The van der Waals surface area contributed by atoms with Crippen LogP contribution in [0.2, 0.25) is 0 Å². The van der Waals surface area contributed by atoms with Gasteiger partial charge in [0, 0.05) is 22.3 Å². The SMILES string of the molecule is O=C(NNC(=O)c1ccc2c(c1)C(=O)N(c1ccccc1)C2=O)c1cccc(C(=O)NNC(=O)c2ccc3c(c2)C(=O)N(c2ccccc2)C3=O)c1. The Bertz CT molecular complexity index is 2220. The summed E-state index contributed by atoms with van der Waals surface area (Å²) in [4.78, 5) is 105. The number of nitrogens with one attached hydrogen (secondary N) is 4. The van der Waals surface area contributed by atoms with Crippen molar-refractivity contribution < 1.29 is 38.4 Å². The molecule has 52 heavy (non-hydrogen) atoms. The van der Waals surface area contributed by atoms with Crippen LogP contribution in [0.1, 0.15) is 82.9 Å². The van der Waals surface area contributed by atoms with Crippen LogP contribution in [0, 0.1) is 0 Å². The first kappa shape index (κ1) is 32.8. The normalized spacial score (nSPS) is 13.0. The second-order valence-electron chi connectivity index (χ2n) is 11.5. The first-order valence-electron chi connectivity index (χ1n) is 15.6. The zero-order valence-corrected chi connectivity index (χ0v) is 26.7. The Morgan fingerprint density at radius 3 is 1.04 bits per heavy atom. The molecule has 0 aromatic heterocycles. The van der Waals surface area contributed by atoms with Crippen LogP contribution in [0.5, 0.6) is 0 Å². The summed E-state index contributed by atoms with van der Waals surface area (Å²) in [6.45, 7) is 0. The molecule has 0 atom stereocenters. The van der Waals surface area contributed by atoms with E-state index in [1.165, 1.54) is 60.7 Å². The molecule has 4 N–H and O–H groups in total. The van der Waals surface area contributed by atoms with Crippen molar-refractivity contribution in [2.45, 2.75) is 0 Å². The number of anilines is 2. The Morgan fingerprint density at radius 2 is 0.673 bits per heavy atom. The Kier molecular flexibility index (Phi) is 8.38. The van der Waals surface area contributed by atoms with Gasteiger partial charge in [-0.05, 0) is 78.9 Å². The molecular formula is C38H24N6O8. The molecule has 0 bridgehead atoms. The van der Waals surface area contributed by atoms with Gasteiger partial charge < -0.3 is 0 Å². The summed E-state index contributed by atoms with van der Waals surface area (Å²) >= 11 is 0. The lowest BCUT2D eigenvalue weighted by Crippen LogP contribution is -2.42. The number of fused-ring (bicyclic) bond motifs is 2. The van der Waals surface area contributed by atoms with Crippen LogP contribution in [0.15, 0.2) is 121 Å². The third-order valence-corrected chi connectivity index (χ3v) is 8.29. The van der Waals surface area contributed by atoms with Crippen molar-refractivity contribution in [3.63, 3.8) is 0 Å². The van der Waals surface area contributed by atoms with Crippen molar-refractivity contribution in [2.24, 2.45) is 0 Å². The molecule has 0 fully saturated rings. The van der Waals surface area contributed by atoms with Crippen molar-refractivity contribution in [1.29, 1.82) is 0 Å². The van der Waals surface area contributed by atoms with Gasteiger partial charge in [-0.1, -0.05) is 42.5 Å². The molecule has 2 aliphatic rings. The van der Waals surface area contributed by atoms with E-state index in [0.29, 0.717) is 11.4 Å². The van der Waals surface area contributed by atoms with E-state index in [1.54, 1.807) is 60.7 Å². The maximum atomic E-state index is 13.0. The number of amides is 8. The average molecular weight is 693 g/mol. The van der Waals surface area contributed by atoms with E-state index in [-0.39, 0.29) is 44.5 Å². The molecule has 0 saturated carbocycles. The lowest BCUT2D eigenvalue weighted by molar-refractivity contribution is 0.0842. The third kappa shape index (κ3) is 5.92. The predicted octanol–water partition coefficient (Wildman–Crippen LogP) is 3.44. The molecule has 7 rings (SSSR count). The lowest BCUT2D eigenvalue weighted by atomic mass is 10.1. The fraction of sp³-hybridized carbons (Fsp3) is 0. The summed E-state index contributed by atoms with van der Waals surface area (Å²) in [6.07, 6.45) is 0. The number of nitrogens with zero attached hydrogens (tertiary/aromatic N) is 2. The van der Waals surface area contributed by atoms with Gasteiger partial charge in [-0.3, -0.25) is 60.1 Å². The molecule has 0 spiro atoms. The van der Waals surface area contributed by atoms with Crippen molar-refractivity contribution in [2.75, 3.05) is 9.80 Å². The van der Waals surface area contributed by atoms with E-state index in [2.05, 4.69) is 21.7 Å². The summed E-state index contributed by atoms with van der Waals surface area (Å²) in [7, 11) is 0. The van der Waals surface area contributed by atoms with Crippen LogP contribution in [0.3, 0.4) is 0 Å². The van der Waals surface area contributed by atoms with E-state index in [4.69, 9.17) is 0 Å². The number of hydrazine groups is 2. The number of benzene rings is 5. The second-order valence-corrected chi connectivity index (χ2v) is 11.5. The van der Waals surface area contributed by atoms with Gasteiger partial charge in [-0.2, -0.15) is 0 Å². The molecule has 8 amide bonds. The molecule has 5 aromatic rings. The fourth-order valence-corrected chi connectivity index (χ4v) is 5.70. The first-order chi connectivity index (χ1) is 25.1. The summed E-state index contributed by atoms with van der Waals surface area (Å²) in [5.74, 6) is -5.33. The smallest absolute Gasteiger partial charge is 0.268 e. The average Bonchev–Trinajstić information content (AvgIpc) is 3.59. The number of hydrogen-bond donors (Lipinski definition) is 4. The van der Waals surface area contributed by atoms with Crippen molar-refractivity contribution in [3.05, 3.63) is 166 Å².